The fraction of sp³-hybridized carbons (Fsp3) is 0.727. The van der Waals surface area contributed by atoms with Gasteiger partial charge < -0.3 is 14.3 Å². The van der Waals surface area contributed by atoms with Gasteiger partial charge in [0.1, 0.15) is 6.29 Å². The van der Waals surface area contributed by atoms with E-state index in [1.165, 1.54) is 0 Å². The zero-order chi connectivity index (χ0) is 12.4. The maximum absolute atomic E-state index is 11.2. The SMILES string of the molecule is CCOC(=O)CC(CC=O)CC(=O)OCC. The Labute approximate surface area is 95.1 Å². The number of ether oxygens (including phenoxy) is 2. The van der Waals surface area contributed by atoms with E-state index in [0.29, 0.717) is 19.5 Å². The van der Waals surface area contributed by atoms with Gasteiger partial charge in [-0.2, -0.15) is 0 Å². The van der Waals surface area contributed by atoms with E-state index in [1.807, 2.05) is 0 Å². The molecule has 0 spiro atoms. The monoisotopic (exact) mass is 230 g/mol. The van der Waals surface area contributed by atoms with Gasteiger partial charge in [-0.05, 0) is 19.8 Å². The number of carbonyl (C=O) groups excluding carboxylic acids is 3. The molecule has 16 heavy (non-hydrogen) atoms. The van der Waals surface area contributed by atoms with Crippen LogP contribution in [0.25, 0.3) is 0 Å². The first kappa shape index (κ1) is 14.6. The van der Waals surface area contributed by atoms with Crippen LogP contribution >= 0.6 is 0 Å². The van der Waals surface area contributed by atoms with Gasteiger partial charge in [0.2, 0.25) is 0 Å². The second-order valence-corrected chi connectivity index (χ2v) is 3.29. The molecule has 0 saturated heterocycles. The number of hydrogen-bond donors (Lipinski definition) is 0. The highest BCUT2D eigenvalue weighted by atomic mass is 16.5. The average Bonchev–Trinajstić information content (AvgIpc) is 2.18. The third kappa shape index (κ3) is 6.98. The Balaban J connectivity index is 4.10. The molecule has 0 fully saturated rings. The second kappa shape index (κ2) is 8.88. The summed E-state index contributed by atoms with van der Waals surface area (Å²) in [5, 5.41) is 0. The van der Waals surface area contributed by atoms with E-state index in [1.54, 1.807) is 13.8 Å². The Bertz CT molecular complexity index is 217. The summed E-state index contributed by atoms with van der Waals surface area (Å²) in [4.78, 5) is 32.7. The van der Waals surface area contributed by atoms with E-state index < -0.39 is 11.9 Å². The predicted octanol–water partition coefficient (Wildman–Crippen LogP) is 1.10. The highest BCUT2D eigenvalue weighted by molar-refractivity contribution is 5.74. The van der Waals surface area contributed by atoms with Gasteiger partial charge in [-0.1, -0.05) is 0 Å². The second-order valence-electron chi connectivity index (χ2n) is 3.29. The Morgan fingerprint density at radius 2 is 1.50 bits per heavy atom. The van der Waals surface area contributed by atoms with Gasteiger partial charge in [0.05, 0.1) is 13.2 Å². The summed E-state index contributed by atoms with van der Waals surface area (Å²) in [6, 6.07) is 0. The molecular formula is C11H18O5. The third-order valence-electron chi connectivity index (χ3n) is 1.95. The molecule has 0 aromatic rings. The van der Waals surface area contributed by atoms with E-state index in [2.05, 4.69) is 0 Å². The van der Waals surface area contributed by atoms with Crippen LogP contribution in [0.5, 0.6) is 0 Å². The van der Waals surface area contributed by atoms with Crippen molar-refractivity contribution in [1.82, 2.24) is 0 Å². The number of aldehydes is 1. The normalized spacial score (nSPS) is 9.94. The summed E-state index contributed by atoms with van der Waals surface area (Å²) >= 11 is 0. The predicted molar refractivity (Wildman–Crippen MR) is 56.7 cm³/mol. The molecule has 0 saturated carbocycles. The van der Waals surface area contributed by atoms with Crippen molar-refractivity contribution >= 4 is 18.2 Å². The van der Waals surface area contributed by atoms with Crippen LogP contribution in [0.1, 0.15) is 33.1 Å². The van der Waals surface area contributed by atoms with E-state index in [4.69, 9.17) is 9.47 Å². The smallest absolute Gasteiger partial charge is 0.306 e. The van der Waals surface area contributed by atoms with Crippen LogP contribution in [0.2, 0.25) is 0 Å². The molecule has 5 heteroatoms. The average molecular weight is 230 g/mol. The lowest BCUT2D eigenvalue weighted by Gasteiger charge is -2.12. The molecule has 0 atom stereocenters. The van der Waals surface area contributed by atoms with Crippen molar-refractivity contribution in [1.29, 1.82) is 0 Å². The van der Waals surface area contributed by atoms with Crippen molar-refractivity contribution < 1.29 is 23.9 Å². The first-order valence-corrected chi connectivity index (χ1v) is 5.38. The summed E-state index contributed by atoms with van der Waals surface area (Å²) in [6.07, 6.45) is 1.01. The van der Waals surface area contributed by atoms with Crippen LogP contribution in [0.3, 0.4) is 0 Å². The highest BCUT2D eigenvalue weighted by Gasteiger charge is 2.18. The van der Waals surface area contributed by atoms with E-state index in [0.717, 1.165) is 0 Å². The highest BCUT2D eigenvalue weighted by Crippen LogP contribution is 2.14. The minimum Gasteiger partial charge on any atom is -0.466 e. The van der Waals surface area contributed by atoms with E-state index >= 15 is 0 Å². The van der Waals surface area contributed by atoms with Crippen LogP contribution in [0.4, 0.5) is 0 Å². The van der Waals surface area contributed by atoms with Crippen molar-refractivity contribution in [2.45, 2.75) is 33.1 Å². The number of carbonyl (C=O) groups is 3. The summed E-state index contributed by atoms with van der Waals surface area (Å²) in [5.74, 6) is -1.10. The van der Waals surface area contributed by atoms with Crippen molar-refractivity contribution in [2.24, 2.45) is 5.92 Å². The molecule has 0 bridgehead atoms. The molecule has 0 aromatic carbocycles. The van der Waals surface area contributed by atoms with E-state index in [-0.39, 0.29) is 25.2 Å². The Morgan fingerprint density at radius 1 is 1.06 bits per heavy atom. The van der Waals surface area contributed by atoms with Gasteiger partial charge in [0.15, 0.2) is 0 Å². The molecule has 0 heterocycles. The first-order valence-electron chi connectivity index (χ1n) is 5.38. The van der Waals surface area contributed by atoms with Crippen molar-refractivity contribution in [2.75, 3.05) is 13.2 Å². The first-order chi connectivity index (χ1) is 7.63. The third-order valence-corrected chi connectivity index (χ3v) is 1.95. The van der Waals surface area contributed by atoms with Crippen LogP contribution in [-0.2, 0) is 23.9 Å². The molecule has 0 amide bonds. The number of hydrogen-bond acceptors (Lipinski definition) is 5. The van der Waals surface area contributed by atoms with Crippen LogP contribution < -0.4 is 0 Å². The lowest BCUT2D eigenvalue weighted by molar-refractivity contribution is -0.146. The maximum atomic E-state index is 11.2. The zero-order valence-electron chi connectivity index (χ0n) is 9.73. The number of esters is 2. The summed E-state index contributed by atoms with van der Waals surface area (Å²) < 4.78 is 9.51. The van der Waals surface area contributed by atoms with Gasteiger partial charge in [0, 0.05) is 19.3 Å². The van der Waals surface area contributed by atoms with Crippen LogP contribution in [-0.4, -0.2) is 31.4 Å². The molecule has 0 unspecified atom stereocenters. The minimum atomic E-state index is -0.390. The summed E-state index contributed by atoms with van der Waals surface area (Å²) in [5.41, 5.74) is 0. The summed E-state index contributed by atoms with van der Waals surface area (Å²) in [6.45, 7) is 4.01. The summed E-state index contributed by atoms with van der Waals surface area (Å²) in [7, 11) is 0. The Hall–Kier alpha value is -1.39. The molecule has 0 aromatic heterocycles. The molecule has 0 rings (SSSR count). The largest absolute Gasteiger partial charge is 0.466 e. The fourth-order valence-electron chi connectivity index (χ4n) is 1.29. The fourth-order valence-corrected chi connectivity index (χ4v) is 1.29. The zero-order valence-corrected chi connectivity index (χ0v) is 9.73. The molecule has 0 aliphatic carbocycles. The topological polar surface area (TPSA) is 69.7 Å². The Morgan fingerprint density at radius 3 is 1.81 bits per heavy atom. The molecule has 0 aliphatic heterocycles. The van der Waals surface area contributed by atoms with Crippen molar-refractivity contribution in [3.8, 4) is 0 Å². The van der Waals surface area contributed by atoms with Gasteiger partial charge in [-0.25, -0.2) is 0 Å². The minimum absolute atomic E-state index is 0.0748. The van der Waals surface area contributed by atoms with Gasteiger partial charge in [-0.15, -0.1) is 0 Å². The maximum Gasteiger partial charge on any atom is 0.306 e. The molecule has 0 N–H and O–H groups in total. The number of rotatable bonds is 8. The van der Waals surface area contributed by atoms with Gasteiger partial charge >= 0.3 is 11.9 Å². The molecule has 92 valence electrons. The molecule has 0 radical (unpaired) electrons. The van der Waals surface area contributed by atoms with Crippen molar-refractivity contribution in [3.63, 3.8) is 0 Å². The molecular weight excluding hydrogens is 212 g/mol. The lowest BCUT2D eigenvalue weighted by Crippen LogP contribution is -2.17. The van der Waals surface area contributed by atoms with E-state index in [9.17, 15) is 14.4 Å². The van der Waals surface area contributed by atoms with Gasteiger partial charge in [0.25, 0.3) is 0 Å². The van der Waals surface area contributed by atoms with Crippen LogP contribution in [0.15, 0.2) is 0 Å². The quantitative estimate of drug-likeness (QED) is 0.461. The lowest BCUT2D eigenvalue weighted by atomic mass is 9.98. The molecule has 5 nitrogen and oxygen atoms in total. The standard InChI is InChI=1S/C11H18O5/c1-3-15-10(13)7-9(5-6-12)8-11(14)16-4-2/h6,9H,3-5,7-8H2,1-2H3. The Kier molecular flexibility index (Phi) is 8.11. The van der Waals surface area contributed by atoms with Gasteiger partial charge in [-0.3, -0.25) is 9.59 Å². The van der Waals surface area contributed by atoms with Crippen LogP contribution in [0, 0.1) is 5.92 Å². The molecule has 0 aliphatic rings. The van der Waals surface area contributed by atoms with Crippen molar-refractivity contribution in [3.05, 3.63) is 0 Å².